The number of benzene rings is 2. The molecular formula is C33H35N7O2. The van der Waals surface area contributed by atoms with E-state index >= 15 is 0 Å². The third kappa shape index (κ3) is 5.85. The maximum Gasteiger partial charge on any atom is 0.257 e. The lowest BCUT2D eigenvalue weighted by atomic mass is 10.1. The first-order valence-electron chi connectivity index (χ1n) is 13.9. The number of amides is 2. The van der Waals surface area contributed by atoms with Crippen molar-refractivity contribution in [2.75, 3.05) is 10.6 Å². The Morgan fingerprint density at radius 2 is 1.05 bits per heavy atom. The zero-order chi connectivity index (χ0) is 30.0. The Kier molecular flexibility index (Phi) is 8.01. The number of hydrogen-bond acceptors (Lipinski definition) is 5. The minimum absolute atomic E-state index is 0.275. The average molecular weight is 562 g/mol. The van der Waals surface area contributed by atoms with Crippen molar-refractivity contribution in [2.24, 2.45) is 0 Å². The smallest absolute Gasteiger partial charge is 0.257 e. The van der Waals surface area contributed by atoms with Crippen molar-refractivity contribution in [2.45, 2.75) is 54.6 Å². The summed E-state index contributed by atoms with van der Waals surface area (Å²) in [6, 6.07) is 17.9. The lowest BCUT2D eigenvalue weighted by Gasteiger charge is -2.10. The Morgan fingerprint density at radius 1 is 0.643 bits per heavy atom. The van der Waals surface area contributed by atoms with Gasteiger partial charge in [0.1, 0.15) is 0 Å². The van der Waals surface area contributed by atoms with Gasteiger partial charge in [-0.3, -0.25) is 23.9 Å². The molecule has 0 spiro atoms. The maximum absolute atomic E-state index is 13.3. The first kappa shape index (κ1) is 28.5. The predicted octanol–water partition coefficient (Wildman–Crippen LogP) is 5.93. The lowest BCUT2D eigenvalue weighted by Crippen LogP contribution is -2.17. The van der Waals surface area contributed by atoms with Crippen molar-refractivity contribution in [3.63, 3.8) is 0 Å². The molecule has 2 amide bonds. The van der Waals surface area contributed by atoms with Gasteiger partial charge in [-0.25, -0.2) is 0 Å². The van der Waals surface area contributed by atoms with Crippen LogP contribution in [0.3, 0.4) is 0 Å². The van der Waals surface area contributed by atoms with E-state index in [4.69, 9.17) is 0 Å². The topological polar surface area (TPSA) is 107 Å². The highest BCUT2D eigenvalue weighted by Gasteiger charge is 2.19. The molecule has 0 atom stereocenters. The van der Waals surface area contributed by atoms with Crippen molar-refractivity contribution in [3.8, 4) is 0 Å². The number of aryl methyl sites for hydroxylation is 4. The second kappa shape index (κ2) is 11.8. The van der Waals surface area contributed by atoms with Crippen molar-refractivity contribution in [1.82, 2.24) is 24.5 Å². The molecular weight excluding hydrogens is 526 g/mol. The lowest BCUT2D eigenvalue weighted by molar-refractivity contribution is 0.102. The largest absolute Gasteiger partial charge is 0.319 e. The molecule has 5 aromatic rings. The second-order valence-corrected chi connectivity index (χ2v) is 10.6. The van der Waals surface area contributed by atoms with E-state index in [0.717, 1.165) is 22.5 Å². The van der Waals surface area contributed by atoms with Crippen LogP contribution < -0.4 is 10.6 Å². The second-order valence-electron chi connectivity index (χ2n) is 10.6. The van der Waals surface area contributed by atoms with Gasteiger partial charge >= 0.3 is 0 Å². The van der Waals surface area contributed by atoms with E-state index in [0.29, 0.717) is 35.9 Å². The summed E-state index contributed by atoms with van der Waals surface area (Å²) < 4.78 is 3.78. The standard InChI is InChI=1S/C33H35N7O2/c1-20-11-7-9-13-26(20)18-39-24(5)30(22(3)37-39)35-32(41)28-15-29(17-34-16-28)33(42)36-31-23(4)38-40(25(31)6)19-27-14-10-8-12-21(27)2/h7-17H,18-19H2,1-6H3,(H,35,41)(H,36,42). The van der Waals surface area contributed by atoms with Crippen molar-refractivity contribution in [3.05, 3.63) is 123 Å². The van der Waals surface area contributed by atoms with Gasteiger partial charge in [0.25, 0.3) is 11.8 Å². The first-order valence-corrected chi connectivity index (χ1v) is 13.9. The monoisotopic (exact) mass is 561 g/mol. The van der Waals surface area contributed by atoms with Gasteiger partial charge in [0.15, 0.2) is 0 Å². The van der Waals surface area contributed by atoms with Crippen LogP contribution in [0.5, 0.6) is 0 Å². The van der Waals surface area contributed by atoms with Gasteiger partial charge in [-0.15, -0.1) is 0 Å². The summed E-state index contributed by atoms with van der Waals surface area (Å²) in [4.78, 5) is 30.7. The Balaban J connectivity index is 1.30. The molecule has 0 radical (unpaired) electrons. The van der Waals surface area contributed by atoms with Crippen LogP contribution in [-0.2, 0) is 13.1 Å². The van der Waals surface area contributed by atoms with Crippen LogP contribution in [0.1, 0.15) is 65.7 Å². The molecule has 2 aromatic carbocycles. The third-order valence-corrected chi connectivity index (χ3v) is 7.67. The summed E-state index contributed by atoms with van der Waals surface area (Å²) in [6.07, 6.45) is 2.90. The number of rotatable bonds is 8. The van der Waals surface area contributed by atoms with Gasteiger partial charge in [0.2, 0.25) is 0 Å². The van der Waals surface area contributed by atoms with Gasteiger partial charge in [-0.05, 0) is 69.9 Å². The molecule has 0 bridgehead atoms. The molecule has 42 heavy (non-hydrogen) atoms. The van der Waals surface area contributed by atoms with Crippen LogP contribution in [0.25, 0.3) is 0 Å². The minimum atomic E-state index is -0.364. The number of pyridine rings is 1. The molecule has 5 rings (SSSR count). The predicted molar refractivity (Wildman–Crippen MR) is 164 cm³/mol. The van der Waals surface area contributed by atoms with Crippen molar-refractivity contribution >= 4 is 23.2 Å². The summed E-state index contributed by atoms with van der Waals surface area (Å²) in [6.45, 7) is 12.9. The fourth-order valence-corrected chi connectivity index (χ4v) is 5.02. The molecule has 0 saturated heterocycles. The van der Waals surface area contributed by atoms with E-state index in [1.165, 1.54) is 23.5 Å². The zero-order valence-corrected chi connectivity index (χ0v) is 24.8. The van der Waals surface area contributed by atoms with E-state index < -0.39 is 0 Å². The number of anilines is 2. The summed E-state index contributed by atoms with van der Waals surface area (Å²) in [7, 11) is 0. The molecule has 0 saturated carbocycles. The first-order chi connectivity index (χ1) is 20.1. The molecule has 3 heterocycles. The van der Waals surface area contributed by atoms with Crippen LogP contribution in [0.15, 0.2) is 67.0 Å². The van der Waals surface area contributed by atoms with Crippen LogP contribution >= 0.6 is 0 Å². The van der Waals surface area contributed by atoms with E-state index in [1.807, 2.05) is 61.3 Å². The van der Waals surface area contributed by atoms with Gasteiger partial charge in [0, 0.05) is 12.4 Å². The SMILES string of the molecule is Cc1ccccc1Cn1nc(C)c(NC(=O)c2cncc(C(=O)Nc3c(C)nn(Cc4ccccc4C)c3C)c2)c1C. The Labute approximate surface area is 245 Å². The number of carbonyl (C=O) groups excluding carboxylic acids is 2. The quantitative estimate of drug-likeness (QED) is 0.244. The fraction of sp³-hybridized carbons (Fsp3) is 0.242. The van der Waals surface area contributed by atoms with E-state index in [9.17, 15) is 9.59 Å². The highest BCUT2D eigenvalue weighted by atomic mass is 16.2. The summed E-state index contributed by atoms with van der Waals surface area (Å²) in [5.41, 5.74) is 9.65. The number of nitrogens with zero attached hydrogens (tertiary/aromatic N) is 5. The fourth-order valence-electron chi connectivity index (χ4n) is 5.02. The normalized spacial score (nSPS) is 11.0. The van der Waals surface area contributed by atoms with Gasteiger partial charge < -0.3 is 10.6 Å². The molecule has 214 valence electrons. The summed E-state index contributed by atoms with van der Waals surface area (Å²) in [5.74, 6) is -0.727. The highest BCUT2D eigenvalue weighted by Crippen LogP contribution is 2.24. The number of aromatic nitrogens is 5. The van der Waals surface area contributed by atoms with Crippen LogP contribution in [-0.4, -0.2) is 36.4 Å². The number of nitrogens with one attached hydrogen (secondary N) is 2. The van der Waals surface area contributed by atoms with Crippen LogP contribution in [0.4, 0.5) is 11.4 Å². The molecule has 0 aliphatic rings. The van der Waals surface area contributed by atoms with Gasteiger partial charge in [-0.2, -0.15) is 10.2 Å². The summed E-state index contributed by atoms with van der Waals surface area (Å²) >= 11 is 0. The zero-order valence-electron chi connectivity index (χ0n) is 24.8. The van der Waals surface area contributed by atoms with E-state index in [1.54, 1.807) is 6.07 Å². The van der Waals surface area contributed by atoms with Gasteiger partial charge in [-0.1, -0.05) is 48.5 Å². The van der Waals surface area contributed by atoms with Crippen molar-refractivity contribution < 1.29 is 9.59 Å². The van der Waals surface area contributed by atoms with E-state index in [2.05, 4.69) is 63.9 Å². The maximum atomic E-state index is 13.3. The molecule has 2 N–H and O–H groups in total. The molecule has 0 aliphatic carbocycles. The average Bonchev–Trinajstić information content (AvgIpc) is 3.39. The summed E-state index contributed by atoms with van der Waals surface area (Å²) in [5, 5.41) is 15.2. The molecule has 3 aromatic heterocycles. The van der Waals surface area contributed by atoms with Crippen LogP contribution in [0, 0.1) is 41.5 Å². The highest BCUT2D eigenvalue weighted by molar-refractivity contribution is 6.09. The van der Waals surface area contributed by atoms with Gasteiger partial charge in [0.05, 0.1) is 58.4 Å². The number of carbonyl (C=O) groups is 2. The molecule has 0 aliphatic heterocycles. The molecule has 9 heteroatoms. The molecule has 0 fully saturated rings. The van der Waals surface area contributed by atoms with Crippen molar-refractivity contribution in [1.29, 1.82) is 0 Å². The minimum Gasteiger partial charge on any atom is -0.319 e. The van der Waals surface area contributed by atoms with E-state index in [-0.39, 0.29) is 22.9 Å². The molecule has 0 unspecified atom stereocenters. The van der Waals surface area contributed by atoms with Crippen LogP contribution in [0.2, 0.25) is 0 Å². The Hall–Kier alpha value is -5.05. The third-order valence-electron chi connectivity index (χ3n) is 7.67. The Morgan fingerprint density at radius 3 is 1.45 bits per heavy atom. The Bertz CT molecular complexity index is 1670. The molecule has 9 nitrogen and oxygen atoms in total. The number of hydrogen-bond donors (Lipinski definition) is 2.